The first-order chi connectivity index (χ1) is 9.43. The van der Waals surface area contributed by atoms with Gasteiger partial charge in [-0.2, -0.15) is 0 Å². The van der Waals surface area contributed by atoms with Gasteiger partial charge in [-0.25, -0.2) is 4.79 Å². The number of carboxylic acids is 1. The van der Waals surface area contributed by atoms with E-state index in [0.29, 0.717) is 28.5 Å². The lowest BCUT2D eigenvalue weighted by atomic mass is 9.97. The lowest BCUT2D eigenvalue weighted by molar-refractivity contribution is -0.147. The minimum atomic E-state index is -1.12. The molecule has 1 amide bonds. The van der Waals surface area contributed by atoms with Crippen molar-refractivity contribution >= 4 is 35.1 Å². The molecule has 108 valence electrons. The van der Waals surface area contributed by atoms with E-state index < -0.39 is 11.5 Å². The number of aliphatic carboxylic acids is 1. The van der Waals surface area contributed by atoms with Crippen LogP contribution in [0.2, 0.25) is 10.0 Å². The summed E-state index contributed by atoms with van der Waals surface area (Å²) in [5.74, 6) is -1.30. The van der Waals surface area contributed by atoms with E-state index in [1.807, 2.05) is 0 Å². The van der Waals surface area contributed by atoms with Gasteiger partial charge in [-0.3, -0.25) is 4.79 Å². The lowest BCUT2D eigenvalue weighted by Crippen LogP contribution is -2.52. The highest BCUT2D eigenvalue weighted by Crippen LogP contribution is 2.30. The van der Waals surface area contributed by atoms with Gasteiger partial charge in [0.2, 0.25) is 5.91 Å². The van der Waals surface area contributed by atoms with Crippen LogP contribution in [0.4, 0.5) is 0 Å². The molecule has 0 atom stereocenters. The minimum Gasteiger partial charge on any atom is -0.480 e. The van der Waals surface area contributed by atoms with Crippen LogP contribution in [0.3, 0.4) is 0 Å². The summed E-state index contributed by atoms with van der Waals surface area (Å²) in [7, 11) is 0. The topological polar surface area (TPSA) is 66.4 Å². The van der Waals surface area contributed by atoms with E-state index in [2.05, 4.69) is 5.32 Å². The molecule has 1 aliphatic carbocycles. The van der Waals surface area contributed by atoms with Gasteiger partial charge in [-0.05, 0) is 30.5 Å². The van der Waals surface area contributed by atoms with Crippen molar-refractivity contribution in [2.24, 2.45) is 0 Å². The standard InChI is InChI=1S/C14H15Cl2NO3/c15-10-4-3-9(11(16)8-10)7-12(18)17-14(13(19)20)5-1-2-6-14/h3-4,8H,1-2,5-7H2,(H,17,18)(H,19,20). The molecule has 1 aromatic rings. The first kappa shape index (κ1) is 15.1. The van der Waals surface area contributed by atoms with E-state index in [0.717, 1.165) is 12.8 Å². The predicted octanol–water partition coefficient (Wildman–Crippen LogP) is 3.05. The molecule has 0 saturated heterocycles. The SMILES string of the molecule is O=C(Cc1ccc(Cl)cc1Cl)NC1(C(=O)O)CCCC1. The monoisotopic (exact) mass is 315 g/mol. The first-order valence-electron chi connectivity index (χ1n) is 6.41. The molecule has 1 saturated carbocycles. The summed E-state index contributed by atoms with van der Waals surface area (Å²) in [6, 6.07) is 4.89. The van der Waals surface area contributed by atoms with E-state index in [9.17, 15) is 14.7 Å². The second-order valence-corrected chi connectivity index (χ2v) is 5.90. The smallest absolute Gasteiger partial charge is 0.329 e. The molecule has 1 fully saturated rings. The Bertz CT molecular complexity index is 539. The zero-order chi connectivity index (χ0) is 14.8. The number of hydrogen-bond donors (Lipinski definition) is 2. The second kappa shape index (κ2) is 6.02. The number of halogens is 2. The van der Waals surface area contributed by atoms with Gasteiger partial charge in [0.25, 0.3) is 0 Å². The van der Waals surface area contributed by atoms with Crippen molar-refractivity contribution in [1.82, 2.24) is 5.32 Å². The van der Waals surface area contributed by atoms with Crippen molar-refractivity contribution in [3.63, 3.8) is 0 Å². The summed E-state index contributed by atoms with van der Waals surface area (Å²) >= 11 is 11.8. The quantitative estimate of drug-likeness (QED) is 0.897. The van der Waals surface area contributed by atoms with Crippen LogP contribution in [0.15, 0.2) is 18.2 Å². The highest BCUT2D eigenvalue weighted by molar-refractivity contribution is 6.35. The molecule has 0 spiro atoms. The zero-order valence-electron chi connectivity index (χ0n) is 10.8. The van der Waals surface area contributed by atoms with E-state index in [1.165, 1.54) is 0 Å². The second-order valence-electron chi connectivity index (χ2n) is 5.06. The van der Waals surface area contributed by atoms with Crippen LogP contribution in [0.5, 0.6) is 0 Å². The number of carboxylic acid groups (broad SMARTS) is 1. The summed E-state index contributed by atoms with van der Waals surface area (Å²) in [5, 5.41) is 12.9. The molecule has 0 aromatic heterocycles. The van der Waals surface area contributed by atoms with Gasteiger partial charge >= 0.3 is 5.97 Å². The lowest BCUT2D eigenvalue weighted by Gasteiger charge is -2.25. The maximum absolute atomic E-state index is 12.0. The minimum absolute atomic E-state index is 0.0467. The van der Waals surface area contributed by atoms with Gasteiger partial charge < -0.3 is 10.4 Å². The van der Waals surface area contributed by atoms with E-state index in [-0.39, 0.29) is 12.3 Å². The molecular weight excluding hydrogens is 301 g/mol. The van der Waals surface area contributed by atoms with Crippen LogP contribution in [0.25, 0.3) is 0 Å². The number of nitrogens with one attached hydrogen (secondary N) is 1. The van der Waals surface area contributed by atoms with Crippen LogP contribution in [-0.4, -0.2) is 22.5 Å². The number of carbonyl (C=O) groups excluding carboxylic acids is 1. The summed E-state index contributed by atoms with van der Waals surface area (Å²) in [6.07, 6.45) is 2.62. The molecule has 4 nitrogen and oxygen atoms in total. The van der Waals surface area contributed by atoms with Crippen LogP contribution in [0.1, 0.15) is 31.2 Å². The highest BCUT2D eigenvalue weighted by atomic mass is 35.5. The Morgan fingerprint density at radius 2 is 1.90 bits per heavy atom. The average molecular weight is 316 g/mol. The Hall–Kier alpha value is -1.26. The zero-order valence-corrected chi connectivity index (χ0v) is 12.3. The Morgan fingerprint density at radius 1 is 1.25 bits per heavy atom. The number of amides is 1. The van der Waals surface area contributed by atoms with Crippen molar-refractivity contribution in [2.45, 2.75) is 37.6 Å². The Labute approximate surface area is 127 Å². The van der Waals surface area contributed by atoms with Gasteiger partial charge in [-0.1, -0.05) is 42.1 Å². The summed E-state index contributed by atoms with van der Waals surface area (Å²) in [6.45, 7) is 0. The van der Waals surface area contributed by atoms with Crippen LogP contribution >= 0.6 is 23.2 Å². The number of benzene rings is 1. The number of carbonyl (C=O) groups is 2. The van der Waals surface area contributed by atoms with Crippen molar-refractivity contribution < 1.29 is 14.7 Å². The third-order valence-corrected chi connectivity index (χ3v) is 4.20. The molecule has 0 unspecified atom stereocenters. The van der Waals surface area contributed by atoms with Gasteiger partial charge in [0.15, 0.2) is 0 Å². The molecular formula is C14H15Cl2NO3. The average Bonchev–Trinajstić information content (AvgIpc) is 2.82. The molecule has 0 heterocycles. The third-order valence-electron chi connectivity index (χ3n) is 3.61. The summed E-state index contributed by atoms with van der Waals surface area (Å²) in [5.41, 5.74) is -0.484. The van der Waals surface area contributed by atoms with Crippen molar-refractivity contribution in [1.29, 1.82) is 0 Å². The number of hydrogen-bond acceptors (Lipinski definition) is 2. The van der Waals surface area contributed by atoms with Crippen LogP contribution < -0.4 is 5.32 Å². The van der Waals surface area contributed by atoms with E-state index in [4.69, 9.17) is 23.2 Å². The van der Waals surface area contributed by atoms with Crippen molar-refractivity contribution in [3.05, 3.63) is 33.8 Å². The maximum Gasteiger partial charge on any atom is 0.329 e. The predicted molar refractivity (Wildman–Crippen MR) is 77.1 cm³/mol. The van der Waals surface area contributed by atoms with E-state index in [1.54, 1.807) is 18.2 Å². The van der Waals surface area contributed by atoms with Crippen molar-refractivity contribution in [3.8, 4) is 0 Å². The molecule has 0 radical (unpaired) electrons. The fourth-order valence-electron chi connectivity index (χ4n) is 2.52. The van der Waals surface area contributed by atoms with E-state index >= 15 is 0 Å². The normalized spacial score (nSPS) is 16.9. The molecule has 1 aliphatic rings. The Kier molecular flexibility index (Phi) is 4.55. The third kappa shape index (κ3) is 3.25. The Morgan fingerprint density at radius 3 is 2.45 bits per heavy atom. The van der Waals surface area contributed by atoms with Gasteiger partial charge in [0, 0.05) is 10.0 Å². The first-order valence-corrected chi connectivity index (χ1v) is 7.17. The molecule has 20 heavy (non-hydrogen) atoms. The summed E-state index contributed by atoms with van der Waals surface area (Å²) < 4.78 is 0. The van der Waals surface area contributed by atoms with Gasteiger partial charge in [0.1, 0.15) is 5.54 Å². The van der Waals surface area contributed by atoms with Crippen LogP contribution in [-0.2, 0) is 16.0 Å². The summed E-state index contributed by atoms with van der Waals surface area (Å²) in [4.78, 5) is 23.4. The fourth-order valence-corrected chi connectivity index (χ4v) is 3.00. The molecule has 6 heteroatoms. The molecule has 0 bridgehead atoms. The fraction of sp³-hybridized carbons (Fsp3) is 0.429. The van der Waals surface area contributed by atoms with Crippen LogP contribution in [0, 0.1) is 0 Å². The highest BCUT2D eigenvalue weighted by Gasteiger charge is 2.42. The number of rotatable bonds is 4. The largest absolute Gasteiger partial charge is 0.480 e. The molecule has 2 N–H and O–H groups in total. The maximum atomic E-state index is 12.0. The Balaban J connectivity index is 2.07. The van der Waals surface area contributed by atoms with Crippen molar-refractivity contribution in [2.75, 3.05) is 0 Å². The van der Waals surface area contributed by atoms with Gasteiger partial charge in [0.05, 0.1) is 6.42 Å². The molecule has 0 aliphatic heterocycles. The molecule has 2 rings (SSSR count). The van der Waals surface area contributed by atoms with Gasteiger partial charge in [-0.15, -0.1) is 0 Å². The molecule has 1 aromatic carbocycles.